The largest absolute Gasteiger partial charge is 0.370 e. The Bertz CT molecular complexity index is 898. The van der Waals surface area contributed by atoms with E-state index in [0.717, 1.165) is 30.2 Å². The molecule has 0 atom stereocenters. The van der Waals surface area contributed by atoms with E-state index in [1.807, 2.05) is 22.9 Å². The number of hydrogen-bond donors (Lipinski definition) is 1. The van der Waals surface area contributed by atoms with Crippen molar-refractivity contribution >= 4 is 40.4 Å². The van der Waals surface area contributed by atoms with Gasteiger partial charge in [-0.1, -0.05) is 23.2 Å². The third-order valence-corrected chi connectivity index (χ3v) is 6.00. The van der Waals surface area contributed by atoms with Gasteiger partial charge in [-0.05, 0) is 56.5 Å². The van der Waals surface area contributed by atoms with Crippen LogP contribution in [-0.2, 0) is 6.42 Å². The summed E-state index contributed by atoms with van der Waals surface area (Å²) < 4.78 is 1.97. The third-order valence-electron chi connectivity index (χ3n) is 4.25. The predicted octanol–water partition coefficient (Wildman–Crippen LogP) is 5.96. The Morgan fingerprint density at radius 3 is 2.75 bits per heavy atom. The molecule has 0 saturated heterocycles. The molecule has 0 aliphatic carbocycles. The summed E-state index contributed by atoms with van der Waals surface area (Å²) in [6.07, 6.45) is 3.37. The minimum absolute atomic E-state index is 0.542. The van der Waals surface area contributed by atoms with E-state index in [9.17, 15) is 0 Å². The highest BCUT2D eigenvalue weighted by Gasteiger charge is 2.22. The number of anilines is 1. The average molecular weight is 378 g/mol. The first-order valence-electron chi connectivity index (χ1n) is 8.01. The van der Waals surface area contributed by atoms with E-state index in [0.29, 0.717) is 10.0 Å². The molecule has 2 aromatic heterocycles. The maximum absolute atomic E-state index is 6.21. The van der Waals surface area contributed by atoms with Gasteiger partial charge in [0.25, 0.3) is 0 Å². The van der Waals surface area contributed by atoms with Crippen LogP contribution in [0.1, 0.15) is 23.3 Å². The molecule has 0 fully saturated rings. The molecule has 1 N–H and O–H groups in total. The Balaban J connectivity index is 1.90. The first-order valence-corrected chi connectivity index (χ1v) is 9.59. The minimum atomic E-state index is 0.542. The van der Waals surface area contributed by atoms with Crippen molar-refractivity contribution in [2.45, 2.75) is 26.2 Å². The second-order valence-electron chi connectivity index (χ2n) is 5.98. The summed E-state index contributed by atoms with van der Waals surface area (Å²) in [5, 5.41) is 9.57. The molecule has 0 amide bonds. The Labute approximate surface area is 155 Å². The molecule has 6 heteroatoms. The van der Waals surface area contributed by atoms with Crippen molar-refractivity contribution in [2.24, 2.45) is 0 Å². The van der Waals surface area contributed by atoms with Crippen molar-refractivity contribution in [1.82, 2.24) is 9.78 Å². The van der Waals surface area contributed by atoms with Gasteiger partial charge in [0.2, 0.25) is 0 Å². The molecule has 3 aromatic rings. The fourth-order valence-corrected chi connectivity index (χ4v) is 4.24. The van der Waals surface area contributed by atoms with Gasteiger partial charge in [0.1, 0.15) is 11.5 Å². The lowest BCUT2D eigenvalue weighted by Crippen LogP contribution is -2.07. The van der Waals surface area contributed by atoms with Crippen LogP contribution in [0.25, 0.3) is 16.3 Å². The van der Waals surface area contributed by atoms with Crippen molar-refractivity contribution in [3.05, 3.63) is 50.8 Å². The number of halogens is 2. The maximum Gasteiger partial charge on any atom is 0.133 e. The maximum atomic E-state index is 6.21. The highest BCUT2D eigenvalue weighted by Crippen LogP contribution is 2.37. The zero-order valence-corrected chi connectivity index (χ0v) is 15.6. The molecule has 24 heavy (non-hydrogen) atoms. The lowest BCUT2D eigenvalue weighted by atomic mass is 10.1. The number of nitrogens with one attached hydrogen (secondary N) is 1. The smallest absolute Gasteiger partial charge is 0.133 e. The van der Waals surface area contributed by atoms with Crippen LogP contribution in [0.3, 0.4) is 0 Å². The first-order chi connectivity index (χ1) is 11.6. The van der Waals surface area contributed by atoms with Gasteiger partial charge < -0.3 is 5.32 Å². The van der Waals surface area contributed by atoms with Crippen LogP contribution in [0.15, 0.2) is 30.3 Å². The van der Waals surface area contributed by atoms with Crippen molar-refractivity contribution < 1.29 is 0 Å². The normalized spacial score (nSPS) is 14.1. The molecule has 3 heterocycles. The lowest BCUT2D eigenvalue weighted by Gasteiger charge is -2.10. The fourth-order valence-electron chi connectivity index (χ4n) is 3.07. The summed E-state index contributed by atoms with van der Waals surface area (Å²) in [7, 11) is 0. The Morgan fingerprint density at radius 1 is 1.12 bits per heavy atom. The molecule has 0 bridgehead atoms. The van der Waals surface area contributed by atoms with Gasteiger partial charge in [-0.15, -0.1) is 11.3 Å². The summed E-state index contributed by atoms with van der Waals surface area (Å²) in [4.78, 5) is 2.51. The van der Waals surface area contributed by atoms with E-state index in [1.54, 1.807) is 11.3 Å². The number of nitrogens with zero attached hydrogens (tertiary/aromatic N) is 2. The van der Waals surface area contributed by atoms with Gasteiger partial charge >= 0.3 is 0 Å². The van der Waals surface area contributed by atoms with Gasteiger partial charge in [0, 0.05) is 17.0 Å². The number of aryl methyl sites for hydroxylation is 1. The number of thiophene rings is 1. The van der Waals surface area contributed by atoms with Gasteiger partial charge in [0.05, 0.1) is 20.6 Å². The number of rotatable bonds is 2. The second-order valence-corrected chi connectivity index (χ2v) is 8.08. The van der Waals surface area contributed by atoms with Crippen molar-refractivity contribution in [3.63, 3.8) is 0 Å². The van der Waals surface area contributed by atoms with Crippen molar-refractivity contribution in [1.29, 1.82) is 0 Å². The second kappa shape index (κ2) is 6.43. The summed E-state index contributed by atoms with van der Waals surface area (Å²) >= 11 is 14.1. The Kier molecular flexibility index (Phi) is 4.29. The number of benzene rings is 1. The van der Waals surface area contributed by atoms with Gasteiger partial charge in [0.15, 0.2) is 0 Å². The molecule has 1 aromatic carbocycles. The van der Waals surface area contributed by atoms with E-state index in [2.05, 4.69) is 24.4 Å². The number of aromatic nitrogens is 2. The quantitative estimate of drug-likeness (QED) is 0.596. The van der Waals surface area contributed by atoms with E-state index in [4.69, 9.17) is 28.3 Å². The van der Waals surface area contributed by atoms with E-state index in [-0.39, 0.29) is 0 Å². The van der Waals surface area contributed by atoms with Crippen LogP contribution >= 0.6 is 34.5 Å². The summed E-state index contributed by atoms with van der Waals surface area (Å²) in [6, 6.07) is 9.95. The highest BCUT2D eigenvalue weighted by molar-refractivity contribution is 7.15. The van der Waals surface area contributed by atoms with Crippen LogP contribution < -0.4 is 5.32 Å². The number of fused-ring (bicyclic) bond motifs is 1. The monoisotopic (exact) mass is 377 g/mol. The molecule has 124 valence electrons. The molecular weight excluding hydrogens is 361 g/mol. The third kappa shape index (κ3) is 2.83. The van der Waals surface area contributed by atoms with Gasteiger partial charge in [-0.3, -0.25) is 0 Å². The SMILES string of the molecule is Cc1ccc(-c2nn(-c3ccc(Cl)c(Cl)c3)c3c2CCCCN3)s1. The van der Waals surface area contributed by atoms with Crippen LogP contribution in [0.2, 0.25) is 10.0 Å². The molecule has 1 aliphatic heterocycles. The molecule has 0 radical (unpaired) electrons. The zero-order chi connectivity index (χ0) is 16.7. The fraction of sp³-hybridized carbons (Fsp3) is 0.278. The van der Waals surface area contributed by atoms with E-state index in [1.165, 1.54) is 28.2 Å². The topological polar surface area (TPSA) is 29.9 Å². The molecule has 0 spiro atoms. The predicted molar refractivity (Wildman–Crippen MR) is 103 cm³/mol. The minimum Gasteiger partial charge on any atom is -0.370 e. The van der Waals surface area contributed by atoms with E-state index >= 15 is 0 Å². The van der Waals surface area contributed by atoms with Crippen LogP contribution in [0.5, 0.6) is 0 Å². The first kappa shape index (κ1) is 16.0. The van der Waals surface area contributed by atoms with Crippen LogP contribution in [-0.4, -0.2) is 16.3 Å². The summed E-state index contributed by atoms with van der Waals surface area (Å²) in [5.74, 6) is 1.08. The molecular formula is C18H17Cl2N3S. The number of hydrogen-bond acceptors (Lipinski definition) is 3. The van der Waals surface area contributed by atoms with Crippen molar-refractivity contribution in [3.8, 4) is 16.3 Å². The van der Waals surface area contributed by atoms with Gasteiger partial charge in [-0.25, -0.2) is 4.68 Å². The summed E-state index contributed by atoms with van der Waals surface area (Å²) in [5.41, 5.74) is 3.29. The Hall–Kier alpha value is -1.49. The molecule has 3 nitrogen and oxygen atoms in total. The molecule has 0 saturated carbocycles. The molecule has 1 aliphatic rings. The van der Waals surface area contributed by atoms with Crippen molar-refractivity contribution in [2.75, 3.05) is 11.9 Å². The molecule has 0 unspecified atom stereocenters. The lowest BCUT2D eigenvalue weighted by molar-refractivity contribution is 0.780. The zero-order valence-electron chi connectivity index (χ0n) is 13.3. The van der Waals surface area contributed by atoms with Crippen LogP contribution in [0, 0.1) is 6.92 Å². The Morgan fingerprint density at radius 2 is 2.00 bits per heavy atom. The van der Waals surface area contributed by atoms with Gasteiger partial charge in [-0.2, -0.15) is 5.10 Å². The summed E-state index contributed by atoms with van der Waals surface area (Å²) in [6.45, 7) is 3.09. The molecule has 4 rings (SSSR count). The average Bonchev–Trinajstić information content (AvgIpc) is 3.06. The van der Waals surface area contributed by atoms with E-state index < -0.39 is 0 Å². The van der Waals surface area contributed by atoms with Crippen LogP contribution in [0.4, 0.5) is 5.82 Å². The standard InChI is InChI=1S/C18H17Cl2N3S/c1-11-5-8-16(24-11)17-13-4-2-3-9-21-18(13)23(22-17)12-6-7-14(19)15(20)10-12/h5-8,10,21H,2-4,9H2,1H3. The highest BCUT2D eigenvalue weighted by atomic mass is 35.5.